The molecule has 0 spiro atoms. The van der Waals surface area contributed by atoms with Crippen LogP contribution in [-0.4, -0.2) is 193 Å². The Morgan fingerprint density at radius 1 is 0.577 bits per heavy atom. The number of unbranched alkanes of at least 4 members (excludes halogenated alkanes) is 1. The summed E-state index contributed by atoms with van der Waals surface area (Å²) in [5.41, 5.74) is 5.33. The van der Waals surface area contributed by atoms with E-state index in [0.29, 0.717) is 170 Å². The van der Waals surface area contributed by atoms with Gasteiger partial charge in [-0.2, -0.15) is 11.8 Å². The highest BCUT2D eigenvalue weighted by Crippen LogP contribution is 2.33. The number of thioether (sulfide) groups is 1. The molecule has 3 amide bonds. The molecule has 52 heavy (non-hydrogen) atoms. The highest BCUT2D eigenvalue weighted by Gasteiger charge is 2.42. The summed E-state index contributed by atoms with van der Waals surface area (Å²) < 4.78 is 59.9. The maximum Gasteiger partial charge on any atom is 0.315 e. The normalized spacial score (nSPS) is 18.1. The van der Waals surface area contributed by atoms with Gasteiger partial charge < -0.3 is 73.8 Å². The van der Waals surface area contributed by atoms with Gasteiger partial charge in [-0.3, -0.25) is 4.79 Å². The fourth-order valence-electron chi connectivity index (χ4n) is 5.01. The quantitative estimate of drug-likeness (QED) is 0.0479. The summed E-state index contributed by atoms with van der Waals surface area (Å²) in [6, 6.07) is 0.407. The van der Waals surface area contributed by atoms with Gasteiger partial charge in [-0.25, -0.2) is 4.79 Å². The number of ether oxygens (including phenoxy) is 11. The minimum Gasteiger partial charge on any atom is -0.378 e. The third kappa shape index (κ3) is 27.2. The first kappa shape index (κ1) is 46.8. The molecule has 306 valence electrons. The van der Waals surface area contributed by atoms with Crippen molar-refractivity contribution in [3.63, 3.8) is 0 Å². The molecule has 17 nitrogen and oxygen atoms in total. The highest BCUT2D eigenvalue weighted by molar-refractivity contribution is 8.00. The second kappa shape index (κ2) is 35.3. The van der Waals surface area contributed by atoms with Gasteiger partial charge >= 0.3 is 6.03 Å². The average molecular weight is 771 g/mol. The number of carbonyl (C=O) groups excluding carboxylic acids is 2. The summed E-state index contributed by atoms with van der Waals surface area (Å²) in [6.45, 7) is 12.0. The van der Waals surface area contributed by atoms with E-state index in [9.17, 15) is 9.59 Å². The summed E-state index contributed by atoms with van der Waals surface area (Å²) in [5.74, 6) is 1.00. The number of urea groups is 1. The molecule has 0 radical (unpaired) electrons. The number of nitrogens with two attached hydrogens (primary N) is 1. The lowest BCUT2D eigenvalue weighted by Crippen LogP contribution is -2.36. The second-order valence-corrected chi connectivity index (χ2v) is 13.0. The van der Waals surface area contributed by atoms with Gasteiger partial charge in [0.05, 0.1) is 157 Å². The Hall–Kier alpha value is -1.39. The van der Waals surface area contributed by atoms with E-state index in [-0.39, 0.29) is 24.0 Å². The zero-order chi connectivity index (χ0) is 37.0. The first-order chi connectivity index (χ1) is 25.7. The highest BCUT2D eigenvalue weighted by atomic mass is 32.2. The van der Waals surface area contributed by atoms with Gasteiger partial charge in [0.2, 0.25) is 5.91 Å². The van der Waals surface area contributed by atoms with Crippen molar-refractivity contribution in [1.82, 2.24) is 16.0 Å². The van der Waals surface area contributed by atoms with Gasteiger partial charge in [-0.05, 0) is 12.8 Å². The molecule has 0 saturated carbocycles. The van der Waals surface area contributed by atoms with Crippen LogP contribution in [0.1, 0.15) is 25.7 Å². The van der Waals surface area contributed by atoms with Crippen LogP contribution < -0.4 is 21.7 Å². The number of carbonyl (C=O) groups is 2. The summed E-state index contributed by atoms with van der Waals surface area (Å²) in [6.07, 6.45) is 3.34. The van der Waals surface area contributed by atoms with E-state index in [1.807, 2.05) is 11.8 Å². The van der Waals surface area contributed by atoms with Crippen LogP contribution in [0.4, 0.5) is 4.79 Å². The fourth-order valence-corrected chi connectivity index (χ4v) is 6.55. The van der Waals surface area contributed by atoms with Crippen LogP contribution in [0.5, 0.6) is 0 Å². The molecule has 2 heterocycles. The Labute approximate surface area is 313 Å². The smallest absolute Gasteiger partial charge is 0.315 e. The first-order valence-corrected chi connectivity index (χ1v) is 19.8. The largest absolute Gasteiger partial charge is 0.378 e. The maximum atomic E-state index is 12.0. The Balaban J connectivity index is 1.15. The Bertz CT molecular complexity index is 842. The predicted molar refractivity (Wildman–Crippen MR) is 195 cm³/mol. The summed E-state index contributed by atoms with van der Waals surface area (Å²) in [4.78, 5) is 23.5. The standard InChI is InChI=1S/C34H66N4O13S/c35-5-7-41-9-11-43-13-15-45-17-19-47-21-23-49-25-27-51-28-26-50-24-22-48-20-18-46-16-14-44-12-10-42-8-6-36-32(39)4-2-1-3-31-33-30(29-52-31)37-34(40)38-33/h30-31,33H,1-29,35H2,(H,36,39)(H2,37,38,40). The van der Waals surface area contributed by atoms with E-state index in [1.165, 1.54) is 0 Å². The summed E-state index contributed by atoms with van der Waals surface area (Å²) >= 11 is 1.90. The minimum atomic E-state index is -0.0606. The first-order valence-electron chi connectivity index (χ1n) is 18.7. The molecule has 0 bridgehead atoms. The number of amides is 3. The van der Waals surface area contributed by atoms with Gasteiger partial charge in [0, 0.05) is 30.5 Å². The van der Waals surface area contributed by atoms with Crippen LogP contribution in [-0.2, 0) is 56.9 Å². The number of fused-ring (bicyclic) bond motifs is 1. The fraction of sp³-hybridized carbons (Fsp3) is 0.941. The van der Waals surface area contributed by atoms with E-state index in [4.69, 9.17) is 57.8 Å². The minimum absolute atomic E-state index is 0.0433. The van der Waals surface area contributed by atoms with Gasteiger partial charge in [-0.15, -0.1) is 0 Å². The molecule has 2 rings (SSSR count). The molecule has 2 aliphatic rings. The van der Waals surface area contributed by atoms with Crippen LogP contribution in [0.3, 0.4) is 0 Å². The summed E-state index contributed by atoms with van der Waals surface area (Å²) in [7, 11) is 0. The molecule has 0 aromatic carbocycles. The van der Waals surface area contributed by atoms with Crippen molar-refractivity contribution < 1.29 is 61.7 Å². The van der Waals surface area contributed by atoms with Crippen molar-refractivity contribution in [2.75, 3.05) is 164 Å². The van der Waals surface area contributed by atoms with Gasteiger partial charge in [-0.1, -0.05) is 6.42 Å². The van der Waals surface area contributed by atoms with Gasteiger partial charge in [0.1, 0.15) is 0 Å². The molecule has 3 atom stereocenters. The predicted octanol–water partition coefficient (Wildman–Crippen LogP) is -0.0303. The Kier molecular flexibility index (Phi) is 31.8. The van der Waals surface area contributed by atoms with Crippen LogP contribution in [0.15, 0.2) is 0 Å². The summed E-state index contributed by atoms with van der Waals surface area (Å²) in [5, 5.41) is 9.28. The van der Waals surface area contributed by atoms with Crippen molar-refractivity contribution in [3.05, 3.63) is 0 Å². The second-order valence-electron chi connectivity index (χ2n) is 11.7. The molecule has 5 N–H and O–H groups in total. The molecule has 2 aliphatic heterocycles. The molecule has 0 aromatic rings. The van der Waals surface area contributed by atoms with Gasteiger partial charge in [0.25, 0.3) is 0 Å². The van der Waals surface area contributed by atoms with Crippen molar-refractivity contribution in [3.8, 4) is 0 Å². The van der Waals surface area contributed by atoms with Crippen molar-refractivity contribution in [2.45, 2.75) is 43.0 Å². The number of hydrogen-bond donors (Lipinski definition) is 4. The van der Waals surface area contributed by atoms with Crippen molar-refractivity contribution in [2.24, 2.45) is 5.73 Å². The number of hydrogen-bond acceptors (Lipinski definition) is 15. The third-order valence-electron chi connectivity index (χ3n) is 7.63. The van der Waals surface area contributed by atoms with E-state index >= 15 is 0 Å². The van der Waals surface area contributed by atoms with Crippen LogP contribution in [0, 0.1) is 0 Å². The van der Waals surface area contributed by atoms with E-state index < -0.39 is 0 Å². The molecular weight excluding hydrogens is 704 g/mol. The van der Waals surface area contributed by atoms with E-state index in [1.54, 1.807) is 0 Å². The van der Waals surface area contributed by atoms with Crippen LogP contribution >= 0.6 is 11.8 Å². The monoisotopic (exact) mass is 770 g/mol. The van der Waals surface area contributed by atoms with Crippen molar-refractivity contribution >= 4 is 23.7 Å². The number of rotatable bonds is 40. The average Bonchev–Trinajstić information content (AvgIpc) is 3.70. The molecular formula is C34H66N4O13S. The zero-order valence-corrected chi connectivity index (χ0v) is 31.8. The molecule has 2 saturated heterocycles. The van der Waals surface area contributed by atoms with Crippen LogP contribution in [0.25, 0.3) is 0 Å². The molecule has 2 fully saturated rings. The molecule has 3 unspecified atom stereocenters. The molecule has 18 heteroatoms. The van der Waals surface area contributed by atoms with Crippen molar-refractivity contribution in [1.29, 1.82) is 0 Å². The number of nitrogens with one attached hydrogen (secondary N) is 3. The Morgan fingerprint density at radius 3 is 1.37 bits per heavy atom. The van der Waals surface area contributed by atoms with E-state index in [0.717, 1.165) is 25.0 Å². The van der Waals surface area contributed by atoms with Crippen LogP contribution in [0.2, 0.25) is 0 Å². The van der Waals surface area contributed by atoms with E-state index in [2.05, 4.69) is 16.0 Å². The SMILES string of the molecule is NCCOCCOCCOCCOCCOCCOCCOCCOCCOCCOCCOCCNC(=O)CCCCC1SCC2NC(=O)NC21. The zero-order valence-electron chi connectivity index (χ0n) is 31.0. The lowest BCUT2D eigenvalue weighted by Gasteiger charge is -2.16. The molecule has 0 aromatic heterocycles. The lowest BCUT2D eigenvalue weighted by molar-refractivity contribution is -0.121. The lowest BCUT2D eigenvalue weighted by atomic mass is 10.0. The third-order valence-corrected chi connectivity index (χ3v) is 9.14. The molecule has 0 aliphatic carbocycles. The van der Waals surface area contributed by atoms with Gasteiger partial charge in [0.15, 0.2) is 0 Å². The maximum absolute atomic E-state index is 12.0. The topological polar surface area (TPSA) is 198 Å². The Morgan fingerprint density at radius 2 is 0.962 bits per heavy atom.